The van der Waals surface area contributed by atoms with Gasteiger partial charge in [0.05, 0.1) is 40.7 Å². The van der Waals surface area contributed by atoms with Crippen LogP contribution in [0.25, 0.3) is 11.0 Å². The van der Waals surface area contributed by atoms with Crippen molar-refractivity contribution in [2.24, 2.45) is 0 Å². The van der Waals surface area contributed by atoms with Crippen LogP contribution in [-0.4, -0.2) is 68.4 Å². The highest BCUT2D eigenvalue weighted by molar-refractivity contribution is 7.92. The number of fused-ring (bicyclic) bond motifs is 1. The molecule has 37 heavy (non-hydrogen) atoms. The summed E-state index contributed by atoms with van der Waals surface area (Å²) in [5, 5.41) is 9.08. The molecule has 9 nitrogen and oxygen atoms in total. The van der Waals surface area contributed by atoms with Crippen molar-refractivity contribution < 1.29 is 17.9 Å². The van der Waals surface area contributed by atoms with E-state index >= 15 is 0 Å². The van der Waals surface area contributed by atoms with Crippen LogP contribution in [0.15, 0.2) is 42.5 Å². The van der Waals surface area contributed by atoms with E-state index in [4.69, 9.17) is 15.0 Å². The number of benzene rings is 2. The normalized spacial score (nSPS) is 11.6. The van der Waals surface area contributed by atoms with Gasteiger partial charge in [-0.05, 0) is 63.3 Å². The van der Waals surface area contributed by atoms with Crippen LogP contribution in [0.3, 0.4) is 0 Å². The second-order valence-corrected chi connectivity index (χ2v) is 11.1. The number of nitrogens with zero attached hydrogens (tertiary/aromatic N) is 5. The Kier molecular flexibility index (Phi) is 9.66. The first-order chi connectivity index (χ1) is 17.7. The van der Waals surface area contributed by atoms with Gasteiger partial charge in [-0.1, -0.05) is 25.5 Å². The summed E-state index contributed by atoms with van der Waals surface area (Å²) in [5.74, 6) is 0.358. The highest BCUT2D eigenvalue weighted by atomic mass is 32.2. The maximum absolute atomic E-state index is 13.2. The molecule has 0 unspecified atom stereocenters. The van der Waals surface area contributed by atoms with Gasteiger partial charge in [0.25, 0.3) is 0 Å². The van der Waals surface area contributed by atoms with E-state index in [2.05, 4.69) is 6.07 Å². The first-order valence-corrected chi connectivity index (χ1v) is 14.1. The first kappa shape index (κ1) is 28.2. The van der Waals surface area contributed by atoms with E-state index in [0.717, 1.165) is 17.5 Å². The molecule has 0 bridgehead atoms. The molecule has 0 fully saturated rings. The van der Waals surface area contributed by atoms with Crippen molar-refractivity contribution in [1.82, 2.24) is 14.5 Å². The standard InChI is InChI=1S/C27H35N5O4S/c1-5-7-16-37(34,35)32(15-14-30(3)4)23-12-13-25-24(18-23)29-26(31(25)20-27(33)36-6-2)17-21-8-10-22(19-28)11-9-21/h8-13,18H,5-7,14-17,20H2,1-4H3. The SMILES string of the molecule is CCCCS(=O)(=O)N(CCN(C)C)c1ccc2c(c1)nc(Cc1ccc(C#N)cc1)n2CC(=O)OCC. The van der Waals surface area contributed by atoms with Crippen LogP contribution < -0.4 is 4.31 Å². The monoisotopic (exact) mass is 525 g/mol. The Hall–Kier alpha value is -3.42. The van der Waals surface area contributed by atoms with Gasteiger partial charge in [0, 0.05) is 19.5 Å². The summed E-state index contributed by atoms with van der Waals surface area (Å²) in [6.45, 7) is 4.90. The molecule has 198 valence electrons. The molecule has 10 heteroatoms. The number of likely N-dealkylation sites (N-methyl/N-ethyl adjacent to an activating group) is 1. The maximum atomic E-state index is 13.2. The lowest BCUT2D eigenvalue weighted by Crippen LogP contribution is -2.38. The fraction of sp³-hybridized carbons (Fsp3) is 0.444. The number of aromatic nitrogens is 2. The Labute approximate surface area is 219 Å². The predicted octanol–water partition coefficient (Wildman–Crippen LogP) is 3.56. The zero-order chi connectivity index (χ0) is 27.0. The number of imidazole rings is 1. The summed E-state index contributed by atoms with van der Waals surface area (Å²) >= 11 is 0. The van der Waals surface area contributed by atoms with E-state index in [1.165, 1.54) is 4.31 Å². The Morgan fingerprint density at radius 3 is 2.46 bits per heavy atom. The number of nitriles is 1. The molecule has 2 aromatic carbocycles. The van der Waals surface area contributed by atoms with Crippen molar-refractivity contribution >= 4 is 32.7 Å². The summed E-state index contributed by atoms with van der Waals surface area (Å²) in [5.41, 5.74) is 3.38. The van der Waals surface area contributed by atoms with Gasteiger partial charge in [0.2, 0.25) is 10.0 Å². The predicted molar refractivity (Wildman–Crippen MR) is 145 cm³/mol. The van der Waals surface area contributed by atoms with Crippen LogP contribution in [0.5, 0.6) is 0 Å². The number of sulfonamides is 1. The van der Waals surface area contributed by atoms with E-state index in [1.54, 1.807) is 31.2 Å². The number of esters is 1. The maximum Gasteiger partial charge on any atom is 0.326 e. The number of anilines is 1. The fourth-order valence-electron chi connectivity index (χ4n) is 4.01. The molecule has 0 atom stereocenters. The van der Waals surface area contributed by atoms with Gasteiger partial charge < -0.3 is 14.2 Å². The number of rotatable bonds is 13. The molecule has 1 aromatic heterocycles. The molecule has 0 saturated heterocycles. The molecule has 0 radical (unpaired) electrons. The molecule has 0 amide bonds. The van der Waals surface area contributed by atoms with Crippen LogP contribution in [0.1, 0.15) is 43.6 Å². The summed E-state index contributed by atoms with van der Waals surface area (Å²) in [7, 11) is 0.303. The van der Waals surface area contributed by atoms with Gasteiger partial charge in [0.1, 0.15) is 12.4 Å². The van der Waals surface area contributed by atoms with Crippen molar-refractivity contribution in [3.63, 3.8) is 0 Å². The number of carbonyl (C=O) groups is 1. The highest BCUT2D eigenvalue weighted by Crippen LogP contribution is 2.27. The van der Waals surface area contributed by atoms with E-state index in [-0.39, 0.29) is 24.9 Å². The van der Waals surface area contributed by atoms with E-state index in [0.29, 0.717) is 48.5 Å². The van der Waals surface area contributed by atoms with E-state index in [9.17, 15) is 13.2 Å². The number of hydrogen-bond acceptors (Lipinski definition) is 7. The summed E-state index contributed by atoms with van der Waals surface area (Å²) in [6.07, 6.45) is 1.82. The molecular weight excluding hydrogens is 490 g/mol. The quantitative estimate of drug-likeness (QED) is 0.314. The minimum absolute atomic E-state index is 0.00551. The Morgan fingerprint density at radius 2 is 1.84 bits per heavy atom. The molecule has 0 N–H and O–H groups in total. The minimum Gasteiger partial charge on any atom is -0.465 e. The van der Waals surface area contributed by atoms with Crippen molar-refractivity contribution in [3.8, 4) is 6.07 Å². The molecule has 0 aliphatic heterocycles. The van der Waals surface area contributed by atoms with Gasteiger partial charge in [-0.3, -0.25) is 9.10 Å². The van der Waals surface area contributed by atoms with Crippen LogP contribution in [-0.2, 0) is 32.5 Å². The van der Waals surface area contributed by atoms with E-state index in [1.807, 2.05) is 48.7 Å². The minimum atomic E-state index is -3.52. The van der Waals surface area contributed by atoms with Gasteiger partial charge in [-0.15, -0.1) is 0 Å². The topological polar surface area (TPSA) is 109 Å². The lowest BCUT2D eigenvalue weighted by Gasteiger charge is -2.26. The molecular formula is C27H35N5O4S. The summed E-state index contributed by atoms with van der Waals surface area (Å²) in [6, 6.07) is 14.7. The Bertz CT molecular complexity index is 1360. The van der Waals surface area contributed by atoms with E-state index < -0.39 is 10.0 Å². The van der Waals surface area contributed by atoms with Gasteiger partial charge >= 0.3 is 5.97 Å². The molecule has 3 aromatic rings. The third-order valence-electron chi connectivity index (χ3n) is 5.98. The number of ether oxygens (including phenoxy) is 1. The lowest BCUT2D eigenvalue weighted by atomic mass is 10.1. The number of carbonyl (C=O) groups excluding carboxylic acids is 1. The summed E-state index contributed by atoms with van der Waals surface area (Å²) in [4.78, 5) is 19.2. The van der Waals surface area contributed by atoms with Gasteiger partial charge in [-0.2, -0.15) is 5.26 Å². The molecule has 0 saturated carbocycles. The summed E-state index contributed by atoms with van der Waals surface area (Å²) < 4.78 is 34.9. The van der Waals surface area contributed by atoms with Crippen LogP contribution in [0.4, 0.5) is 5.69 Å². The molecule has 0 aliphatic rings. The van der Waals surface area contributed by atoms with Gasteiger partial charge in [-0.25, -0.2) is 13.4 Å². The zero-order valence-corrected chi connectivity index (χ0v) is 22.8. The van der Waals surface area contributed by atoms with Crippen molar-refractivity contribution in [3.05, 3.63) is 59.4 Å². The third kappa shape index (κ3) is 7.31. The van der Waals surface area contributed by atoms with Crippen molar-refractivity contribution in [2.75, 3.05) is 43.8 Å². The third-order valence-corrected chi connectivity index (χ3v) is 7.85. The van der Waals surface area contributed by atoms with Crippen molar-refractivity contribution in [1.29, 1.82) is 5.26 Å². The lowest BCUT2D eigenvalue weighted by molar-refractivity contribution is -0.143. The average Bonchev–Trinajstić information content (AvgIpc) is 3.19. The largest absolute Gasteiger partial charge is 0.465 e. The van der Waals surface area contributed by atoms with Crippen LogP contribution in [0.2, 0.25) is 0 Å². The molecule has 0 spiro atoms. The number of hydrogen-bond donors (Lipinski definition) is 0. The van der Waals surface area contributed by atoms with Crippen LogP contribution in [0, 0.1) is 11.3 Å². The Morgan fingerprint density at radius 1 is 1.11 bits per heavy atom. The molecule has 1 heterocycles. The second-order valence-electron chi connectivity index (χ2n) is 9.12. The zero-order valence-electron chi connectivity index (χ0n) is 22.0. The molecule has 3 rings (SSSR count). The smallest absolute Gasteiger partial charge is 0.326 e. The fourth-order valence-corrected chi connectivity index (χ4v) is 5.68. The first-order valence-electron chi connectivity index (χ1n) is 12.5. The Balaban J connectivity index is 2.05. The van der Waals surface area contributed by atoms with Gasteiger partial charge in [0.15, 0.2) is 0 Å². The number of unbranched alkanes of at least 4 members (excludes halogenated alkanes) is 1. The van der Waals surface area contributed by atoms with Crippen molar-refractivity contribution in [2.45, 2.75) is 39.7 Å². The average molecular weight is 526 g/mol. The molecule has 0 aliphatic carbocycles. The van der Waals surface area contributed by atoms with Crippen LogP contribution >= 0.6 is 0 Å². The highest BCUT2D eigenvalue weighted by Gasteiger charge is 2.24. The second kappa shape index (κ2) is 12.7.